The van der Waals surface area contributed by atoms with Crippen molar-refractivity contribution in [2.45, 2.75) is 38.6 Å². The van der Waals surface area contributed by atoms with Gasteiger partial charge in [-0.3, -0.25) is 9.59 Å². The van der Waals surface area contributed by atoms with E-state index in [1.54, 1.807) is 43.2 Å². The van der Waals surface area contributed by atoms with E-state index in [9.17, 15) is 14.4 Å². The minimum atomic E-state index is -0.773. The van der Waals surface area contributed by atoms with E-state index in [1.807, 2.05) is 24.3 Å². The Bertz CT molecular complexity index is 934. The Labute approximate surface area is 193 Å². The minimum Gasteiger partial charge on any atom is -0.497 e. The summed E-state index contributed by atoms with van der Waals surface area (Å²) >= 11 is 0. The topological polar surface area (TPSA) is 94.2 Å². The lowest BCUT2D eigenvalue weighted by Crippen LogP contribution is -2.46. The summed E-state index contributed by atoms with van der Waals surface area (Å²) in [5.41, 5.74) is 1.61. The third-order valence-electron chi connectivity index (χ3n) is 5.51. The molecule has 0 radical (unpaired) electrons. The van der Waals surface area contributed by atoms with E-state index in [0.29, 0.717) is 50.1 Å². The van der Waals surface area contributed by atoms with Gasteiger partial charge in [0.15, 0.2) is 0 Å². The largest absolute Gasteiger partial charge is 0.513 e. The molecule has 8 heteroatoms. The van der Waals surface area contributed by atoms with Crippen molar-refractivity contribution in [1.82, 2.24) is 10.2 Å². The molecule has 2 amide bonds. The summed E-state index contributed by atoms with van der Waals surface area (Å²) in [4.78, 5) is 38.2. The average molecular weight is 455 g/mol. The molecule has 1 N–H and O–H groups in total. The number of carbonyl (C=O) groups is 3. The van der Waals surface area contributed by atoms with Gasteiger partial charge in [-0.1, -0.05) is 12.1 Å². The van der Waals surface area contributed by atoms with Crippen LogP contribution in [0.2, 0.25) is 0 Å². The molecule has 8 nitrogen and oxygen atoms in total. The standard InChI is InChI=1S/C25H30N2O6/c1-3-32-25(30)33-22-11-7-19(8-12-22)24(29)27-16-14-20(15-17-27)26-23(28)13-6-18-4-9-21(31-2)10-5-18/h4-5,7-12,20H,3,6,13-17H2,1-2H3,(H,26,28). The van der Waals surface area contributed by atoms with Gasteiger partial charge >= 0.3 is 6.16 Å². The molecule has 1 aliphatic heterocycles. The molecule has 1 saturated heterocycles. The first kappa shape index (κ1) is 24.1. The van der Waals surface area contributed by atoms with Crippen molar-refractivity contribution in [2.75, 3.05) is 26.8 Å². The predicted octanol–water partition coefficient (Wildman–Crippen LogP) is 3.58. The van der Waals surface area contributed by atoms with Gasteiger partial charge in [-0.05, 0) is 68.1 Å². The van der Waals surface area contributed by atoms with Crippen molar-refractivity contribution in [3.05, 3.63) is 59.7 Å². The van der Waals surface area contributed by atoms with E-state index in [0.717, 1.165) is 11.3 Å². The second-order valence-corrected chi connectivity index (χ2v) is 7.79. The third-order valence-corrected chi connectivity index (χ3v) is 5.51. The van der Waals surface area contributed by atoms with Gasteiger partial charge in [0.05, 0.1) is 13.7 Å². The van der Waals surface area contributed by atoms with E-state index in [4.69, 9.17) is 14.2 Å². The Morgan fingerprint density at radius 3 is 2.21 bits per heavy atom. The van der Waals surface area contributed by atoms with Crippen LogP contribution in [0.1, 0.15) is 42.1 Å². The number of hydrogen-bond donors (Lipinski definition) is 1. The number of nitrogens with one attached hydrogen (secondary N) is 1. The van der Waals surface area contributed by atoms with Crippen LogP contribution in [0.3, 0.4) is 0 Å². The molecular formula is C25H30N2O6. The molecule has 1 fully saturated rings. The predicted molar refractivity (Wildman–Crippen MR) is 122 cm³/mol. The van der Waals surface area contributed by atoms with Crippen LogP contribution in [0.15, 0.2) is 48.5 Å². The zero-order valence-corrected chi connectivity index (χ0v) is 19.0. The fraction of sp³-hybridized carbons (Fsp3) is 0.400. The van der Waals surface area contributed by atoms with Gasteiger partial charge < -0.3 is 24.4 Å². The molecule has 0 aromatic heterocycles. The lowest BCUT2D eigenvalue weighted by molar-refractivity contribution is -0.122. The molecule has 3 rings (SSSR count). The van der Waals surface area contributed by atoms with Gasteiger partial charge in [-0.25, -0.2) is 4.79 Å². The second kappa shape index (κ2) is 11.9. The first-order chi connectivity index (χ1) is 16.0. The quantitative estimate of drug-likeness (QED) is 0.484. The van der Waals surface area contributed by atoms with Gasteiger partial charge in [-0.15, -0.1) is 0 Å². The second-order valence-electron chi connectivity index (χ2n) is 7.79. The Balaban J connectivity index is 1.40. The molecule has 0 atom stereocenters. The molecule has 0 saturated carbocycles. The van der Waals surface area contributed by atoms with Crippen LogP contribution >= 0.6 is 0 Å². The maximum atomic E-state index is 12.8. The number of benzene rings is 2. The molecule has 0 spiro atoms. The average Bonchev–Trinajstić information content (AvgIpc) is 2.84. The van der Waals surface area contributed by atoms with Crippen LogP contribution in [-0.2, 0) is 16.0 Å². The highest BCUT2D eigenvalue weighted by Crippen LogP contribution is 2.18. The lowest BCUT2D eigenvalue weighted by atomic mass is 10.0. The van der Waals surface area contributed by atoms with E-state index in [-0.39, 0.29) is 24.5 Å². The Morgan fingerprint density at radius 2 is 1.61 bits per heavy atom. The number of likely N-dealkylation sites (tertiary alicyclic amines) is 1. The fourth-order valence-corrected chi connectivity index (χ4v) is 3.67. The van der Waals surface area contributed by atoms with Gasteiger partial charge in [0.1, 0.15) is 11.5 Å². The number of piperidine rings is 1. The van der Waals surface area contributed by atoms with Crippen molar-refractivity contribution in [1.29, 1.82) is 0 Å². The van der Waals surface area contributed by atoms with Gasteiger partial charge in [-0.2, -0.15) is 0 Å². The van der Waals surface area contributed by atoms with Crippen molar-refractivity contribution in [3.8, 4) is 11.5 Å². The molecule has 1 aliphatic rings. The molecule has 1 heterocycles. The normalized spacial score (nSPS) is 13.8. The fourth-order valence-electron chi connectivity index (χ4n) is 3.67. The summed E-state index contributed by atoms with van der Waals surface area (Å²) in [6.07, 6.45) is 1.74. The van der Waals surface area contributed by atoms with Crippen molar-refractivity contribution < 1.29 is 28.6 Å². The van der Waals surface area contributed by atoms with Crippen molar-refractivity contribution >= 4 is 18.0 Å². The number of nitrogens with zero attached hydrogens (tertiary/aromatic N) is 1. The molecule has 2 aromatic carbocycles. The summed E-state index contributed by atoms with van der Waals surface area (Å²) in [6, 6.07) is 14.2. The highest BCUT2D eigenvalue weighted by Gasteiger charge is 2.24. The van der Waals surface area contributed by atoms with Crippen LogP contribution in [0.5, 0.6) is 11.5 Å². The molecule has 0 aliphatic carbocycles. The van der Waals surface area contributed by atoms with Crippen LogP contribution in [0.25, 0.3) is 0 Å². The highest BCUT2D eigenvalue weighted by atomic mass is 16.7. The number of carbonyl (C=O) groups excluding carboxylic acids is 3. The molecule has 33 heavy (non-hydrogen) atoms. The van der Waals surface area contributed by atoms with Crippen molar-refractivity contribution in [2.24, 2.45) is 0 Å². The smallest absolute Gasteiger partial charge is 0.497 e. The number of rotatable bonds is 8. The molecule has 2 aromatic rings. The van der Waals surface area contributed by atoms with E-state index in [1.165, 1.54) is 0 Å². The number of amides is 2. The van der Waals surface area contributed by atoms with Crippen LogP contribution in [0.4, 0.5) is 4.79 Å². The maximum absolute atomic E-state index is 12.8. The molecule has 176 valence electrons. The highest BCUT2D eigenvalue weighted by molar-refractivity contribution is 5.94. The van der Waals surface area contributed by atoms with E-state index >= 15 is 0 Å². The molecule has 0 unspecified atom stereocenters. The Hall–Kier alpha value is -3.55. The van der Waals surface area contributed by atoms with Gasteiger partial charge in [0, 0.05) is 31.1 Å². The summed E-state index contributed by atoms with van der Waals surface area (Å²) in [5.74, 6) is 1.06. The van der Waals surface area contributed by atoms with Crippen LogP contribution in [0, 0.1) is 0 Å². The number of hydrogen-bond acceptors (Lipinski definition) is 6. The Kier molecular flexibility index (Phi) is 8.69. The molecule has 0 bridgehead atoms. The zero-order chi connectivity index (χ0) is 23.6. The lowest BCUT2D eigenvalue weighted by Gasteiger charge is -2.32. The van der Waals surface area contributed by atoms with Gasteiger partial charge in [0.25, 0.3) is 5.91 Å². The SMILES string of the molecule is CCOC(=O)Oc1ccc(C(=O)N2CCC(NC(=O)CCc3ccc(OC)cc3)CC2)cc1. The molecular weight excluding hydrogens is 424 g/mol. The van der Waals surface area contributed by atoms with E-state index in [2.05, 4.69) is 5.32 Å². The van der Waals surface area contributed by atoms with E-state index < -0.39 is 6.16 Å². The summed E-state index contributed by atoms with van der Waals surface area (Å²) in [6.45, 7) is 3.07. The number of methoxy groups -OCH3 is 1. The maximum Gasteiger partial charge on any atom is 0.513 e. The first-order valence-electron chi connectivity index (χ1n) is 11.1. The zero-order valence-electron chi connectivity index (χ0n) is 19.0. The van der Waals surface area contributed by atoms with Gasteiger partial charge in [0.2, 0.25) is 5.91 Å². The van der Waals surface area contributed by atoms with Crippen LogP contribution < -0.4 is 14.8 Å². The minimum absolute atomic E-state index is 0.0211. The Morgan fingerprint density at radius 1 is 0.970 bits per heavy atom. The third kappa shape index (κ3) is 7.24. The van der Waals surface area contributed by atoms with Crippen LogP contribution in [-0.4, -0.2) is 55.7 Å². The summed E-state index contributed by atoms with van der Waals surface area (Å²) < 4.78 is 14.9. The summed E-state index contributed by atoms with van der Waals surface area (Å²) in [7, 11) is 1.63. The van der Waals surface area contributed by atoms with Crippen molar-refractivity contribution in [3.63, 3.8) is 0 Å². The number of ether oxygens (including phenoxy) is 3. The monoisotopic (exact) mass is 454 g/mol. The summed E-state index contributed by atoms with van der Waals surface area (Å²) in [5, 5.41) is 3.08. The first-order valence-corrected chi connectivity index (χ1v) is 11.1. The number of aryl methyl sites for hydroxylation is 1.